The molecule has 3 nitrogen and oxygen atoms in total. The van der Waals surface area contributed by atoms with E-state index in [-0.39, 0.29) is 0 Å². The molecular formula is C6H12Cl2F3N2OP. The quantitative estimate of drug-likeness (QED) is 0.589. The highest BCUT2D eigenvalue weighted by Crippen LogP contribution is 2.70. The van der Waals surface area contributed by atoms with Gasteiger partial charge in [-0.25, -0.2) is 9.34 Å². The number of rotatable bonds is 3. The van der Waals surface area contributed by atoms with Crippen LogP contribution in [0.1, 0.15) is 0 Å². The first-order valence-corrected chi connectivity index (χ1v) is 6.16. The highest BCUT2D eigenvalue weighted by atomic mass is 35.5. The summed E-state index contributed by atoms with van der Waals surface area (Å²) in [5, 5.41) is 0. The third-order valence-corrected chi connectivity index (χ3v) is 6.69. The van der Waals surface area contributed by atoms with Crippen molar-refractivity contribution in [3.05, 3.63) is 0 Å². The fraction of sp³-hybridized carbons (Fsp3) is 1.00. The summed E-state index contributed by atoms with van der Waals surface area (Å²) in [6.45, 7) is 0. The summed E-state index contributed by atoms with van der Waals surface area (Å²) < 4.78 is 48.3. The molecule has 0 saturated carbocycles. The van der Waals surface area contributed by atoms with Gasteiger partial charge < -0.3 is 0 Å². The maximum absolute atomic E-state index is 12.6. The van der Waals surface area contributed by atoms with Gasteiger partial charge >= 0.3 is 6.18 Å². The highest BCUT2D eigenvalue weighted by Gasteiger charge is 2.66. The maximum atomic E-state index is 12.6. The first-order chi connectivity index (χ1) is 6.39. The molecule has 0 saturated heterocycles. The van der Waals surface area contributed by atoms with E-state index >= 15 is 0 Å². The third kappa shape index (κ3) is 2.44. The number of nitrogens with zero attached hydrogens (tertiary/aromatic N) is 2. The van der Waals surface area contributed by atoms with Crippen LogP contribution in [0, 0.1) is 0 Å². The van der Waals surface area contributed by atoms with Crippen LogP contribution in [0.25, 0.3) is 0 Å². The van der Waals surface area contributed by atoms with Crippen molar-refractivity contribution in [3.8, 4) is 0 Å². The van der Waals surface area contributed by atoms with Crippen LogP contribution in [-0.4, -0.2) is 47.8 Å². The zero-order chi connectivity index (χ0) is 12.7. The summed E-state index contributed by atoms with van der Waals surface area (Å²) in [4.78, 5) is 0. The molecule has 0 amide bonds. The molecule has 0 radical (unpaired) electrons. The number of hydrogen-bond acceptors (Lipinski definition) is 1. The van der Waals surface area contributed by atoms with Crippen LogP contribution in [0.5, 0.6) is 0 Å². The third-order valence-electron chi connectivity index (χ3n) is 1.79. The average Bonchev–Trinajstić information content (AvgIpc) is 1.99. The van der Waals surface area contributed by atoms with Crippen molar-refractivity contribution < 1.29 is 17.7 Å². The molecule has 0 aromatic rings. The van der Waals surface area contributed by atoms with E-state index in [0.717, 1.165) is 9.34 Å². The maximum Gasteiger partial charge on any atom is 0.431 e. The van der Waals surface area contributed by atoms with Gasteiger partial charge in [-0.05, 0) is 28.2 Å². The van der Waals surface area contributed by atoms with E-state index in [1.54, 1.807) is 0 Å². The van der Waals surface area contributed by atoms with Crippen LogP contribution in [0.4, 0.5) is 13.2 Å². The summed E-state index contributed by atoms with van der Waals surface area (Å²) >= 11 is 10.4. The Bertz CT molecular complexity index is 268. The molecule has 0 aromatic heterocycles. The molecule has 15 heavy (non-hydrogen) atoms. The second-order valence-electron chi connectivity index (χ2n) is 3.28. The van der Waals surface area contributed by atoms with Crippen LogP contribution < -0.4 is 0 Å². The zero-order valence-electron chi connectivity index (χ0n) is 8.64. The zero-order valence-corrected chi connectivity index (χ0v) is 11.0. The molecule has 0 unspecified atom stereocenters. The first-order valence-electron chi connectivity index (χ1n) is 3.79. The van der Waals surface area contributed by atoms with E-state index in [9.17, 15) is 17.7 Å². The minimum Gasteiger partial charge on any atom is -0.285 e. The molecular weight excluding hydrogens is 275 g/mol. The Hall–Kier alpha value is 0.520. The Morgan fingerprint density at radius 2 is 1.27 bits per heavy atom. The molecule has 0 rings (SSSR count). The molecule has 0 bridgehead atoms. The van der Waals surface area contributed by atoms with Crippen molar-refractivity contribution in [2.75, 3.05) is 28.2 Å². The predicted octanol–water partition coefficient (Wildman–Crippen LogP) is 3.00. The molecule has 9 heteroatoms. The Kier molecular flexibility index (Phi) is 4.57. The van der Waals surface area contributed by atoms with Crippen molar-refractivity contribution in [2.45, 2.75) is 10.3 Å². The van der Waals surface area contributed by atoms with Crippen molar-refractivity contribution in [3.63, 3.8) is 0 Å². The van der Waals surface area contributed by atoms with Gasteiger partial charge in [0.15, 0.2) is 0 Å². The molecule has 0 heterocycles. The van der Waals surface area contributed by atoms with Crippen LogP contribution in [-0.2, 0) is 4.57 Å². The van der Waals surface area contributed by atoms with Gasteiger partial charge in [0.25, 0.3) is 11.5 Å². The van der Waals surface area contributed by atoms with Crippen LogP contribution in [0.15, 0.2) is 0 Å². The summed E-state index contributed by atoms with van der Waals surface area (Å²) in [6, 6.07) is 0. The number of alkyl halides is 5. The molecule has 0 aliphatic heterocycles. The lowest BCUT2D eigenvalue weighted by molar-refractivity contribution is -0.126. The molecule has 0 N–H and O–H groups in total. The first kappa shape index (κ1) is 15.5. The molecule has 0 aliphatic rings. The summed E-state index contributed by atoms with van der Waals surface area (Å²) in [5.74, 6) is 0. The van der Waals surface area contributed by atoms with Crippen LogP contribution in [0.3, 0.4) is 0 Å². The Labute approximate surface area is 96.6 Å². The summed E-state index contributed by atoms with van der Waals surface area (Å²) in [7, 11) is 0.798. The highest BCUT2D eigenvalue weighted by molar-refractivity contribution is 7.64. The van der Waals surface area contributed by atoms with E-state index in [1.807, 2.05) is 0 Å². The van der Waals surface area contributed by atoms with Gasteiger partial charge in [-0.15, -0.1) is 0 Å². The second-order valence-corrected chi connectivity index (χ2v) is 8.49. The molecule has 92 valence electrons. The van der Waals surface area contributed by atoms with E-state index < -0.39 is 17.7 Å². The van der Waals surface area contributed by atoms with E-state index in [2.05, 4.69) is 0 Å². The summed E-state index contributed by atoms with van der Waals surface area (Å²) in [6.07, 6.45) is -4.97. The van der Waals surface area contributed by atoms with Gasteiger partial charge in [0.05, 0.1) is 0 Å². The molecule has 0 aliphatic carbocycles. The molecule has 0 aromatic carbocycles. The lowest BCUT2D eigenvalue weighted by Gasteiger charge is -2.39. The Morgan fingerprint density at radius 1 is 1.00 bits per heavy atom. The van der Waals surface area contributed by atoms with Gasteiger partial charge in [-0.2, -0.15) is 13.2 Å². The molecule has 0 fully saturated rings. The largest absolute Gasteiger partial charge is 0.431 e. The van der Waals surface area contributed by atoms with E-state index in [4.69, 9.17) is 23.2 Å². The van der Waals surface area contributed by atoms with Crippen molar-refractivity contribution in [1.82, 2.24) is 9.34 Å². The van der Waals surface area contributed by atoms with E-state index in [1.165, 1.54) is 28.2 Å². The Morgan fingerprint density at radius 3 is 1.33 bits per heavy atom. The van der Waals surface area contributed by atoms with Gasteiger partial charge in [0, 0.05) is 0 Å². The van der Waals surface area contributed by atoms with E-state index in [0.29, 0.717) is 0 Å². The SMILES string of the molecule is CN(C)P(=O)(N(C)C)C(Cl)(Cl)C(F)(F)F. The van der Waals surface area contributed by atoms with Gasteiger partial charge in [-0.3, -0.25) is 4.57 Å². The van der Waals surface area contributed by atoms with Crippen LogP contribution >= 0.6 is 30.6 Å². The van der Waals surface area contributed by atoms with Gasteiger partial charge in [0.1, 0.15) is 0 Å². The Balaban J connectivity index is 5.59. The average molecular weight is 287 g/mol. The normalized spacial score (nSPS) is 15.1. The minimum absolute atomic E-state index is 0.889. The number of halogens is 5. The minimum atomic E-state index is -4.97. The lowest BCUT2D eigenvalue weighted by atomic mass is 10.8. The fourth-order valence-corrected chi connectivity index (χ4v) is 4.89. The van der Waals surface area contributed by atoms with Gasteiger partial charge in [-0.1, -0.05) is 23.2 Å². The van der Waals surface area contributed by atoms with Crippen molar-refractivity contribution in [2.24, 2.45) is 0 Å². The predicted molar refractivity (Wildman–Crippen MR) is 55.5 cm³/mol. The number of hydrogen-bond donors (Lipinski definition) is 0. The van der Waals surface area contributed by atoms with Crippen LogP contribution in [0.2, 0.25) is 0 Å². The van der Waals surface area contributed by atoms with Crippen molar-refractivity contribution in [1.29, 1.82) is 0 Å². The van der Waals surface area contributed by atoms with Gasteiger partial charge in [0.2, 0.25) is 0 Å². The monoisotopic (exact) mass is 286 g/mol. The molecule has 0 atom stereocenters. The molecule has 0 spiro atoms. The fourth-order valence-electron chi connectivity index (χ4n) is 1.03. The standard InChI is InChI=1S/C6H12Cl2F3N2OP/c1-12(2)15(14,13(3)4)5(7,8)6(9,10)11/h1-4H3. The smallest absolute Gasteiger partial charge is 0.285 e. The van der Waals surface area contributed by atoms with Crippen molar-refractivity contribution >= 4 is 30.6 Å². The lowest BCUT2D eigenvalue weighted by Crippen LogP contribution is -2.42. The summed E-state index contributed by atoms with van der Waals surface area (Å²) in [5.41, 5.74) is 0. The topological polar surface area (TPSA) is 23.6 Å². The second kappa shape index (κ2) is 4.41.